The number of benzene rings is 2. The third kappa shape index (κ3) is 5.10. The molecular weight excluding hydrogens is 411 g/mol. The summed E-state index contributed by atoms with van der Waals surface area (Å²) in [5.41, 5.74) is 1.89. The monoisotopic (exact) mass is 436 g/mol. The molecule has 0 atom stereocenters. The number of anilines is 1. The molecular formula is C21H25FN2O5S. The van der Waals surface area contributed by atoms with Crippen molar-refractivity contribution in [1.82, 2.24) is 4.90 Å². The van der Waals surface area contributed by atoms with Gasteiger partial charge in [0.1, 0.15) is 5.82 Å². The SMILES string of the molecule is COC(=O)c1ccc(CN(C(=O)N2CCS(O)(O)CC2)c2cccc(C)c2)c(F)c1. The van der Waals surface area contributed by atoms with Gasteiger partial charge in [-0.2, -0.15) is 10.6 Å². The molecule has 162 valence electrons. The van der Waals surface area contributed by atoms with E-state index in [1.165, 1.54) is 24.1 Å². The molecule has 0 bridgehead atoms. The van der Waals surface area contributed by atoms with E-state index in [1.807, 2.05) is 25.1 Å². The van der Waals surface area contributed by atoms with E-state index in [0.29, 0.717) is 5.69 Å². The van der Waals surface area contributed by atoms with Gasteiger partial charge in [0.15, 0.2) is 0 Å². The van der Waals surface area contributed by atoms with Crippen molar-refractivity contribution in [1.29, 1.82) is 0 Å². The maximum Gasteiger partial charge on any atom is 0.337 e. The first-order valence-electron chi connectivity index (χ1n) is 9.43. The fourth-order valence-electron chi connectivity index (χ4n) is 3.24. The number of halogens is 1. The van der Waals surface area contributed by atoms with E-state index in [0.717, 1.165) is 11.6 Å². The molecule has 0 aliphatic carbocycles. The zero-order valence-electron chi connectivity index (χ0n) is 16.9. The summed E-state index contributed by atoms with van der Waals surface area (Å²) in [6.07, 6.45) is 0. The van der Waals surface area contributed by atoms with Crippen molar-refractivity contribution in [2.75, 3.05) is 36.6 Å². The minimum Gasteiger partial charge on any atom is -0.465 e. The van der Waals surface area contributed by atoms with Crippen molar-refractivity contribution >= 4 is 28.3 Å². The van der Waals surface area contributed by atoms with E-state index >= 15 is 0 Å². The summed E-state index contributed by atoms with van der Waals surface area (Å²) < 4.78 is 39.0. The predicted molar refractivity (Wildman–Crippen MR) is 115 cm³/mol. The Bertz CT molecular complexity index is 943. The van der Waals surface area contributed by atoms with E-state index < -0.39 is 22.4 Å². The number of ether oxygens (including phenoxy) is 1. The number of urea groups is 1. The molecule has 2 N–H and O–H groups in total. The Balaban J connectivity index is 1.89. The average molecular weight is 437 g/mol. The van der Waals surface area contributed by atoms with Crippen molar-refractivity contribution in [3.05, 3.63) is 65.0 Å². The molecule has 1 aliphatic heterocycles. The molecule has 2 aromatic carbocycles. The number of aryl methyl sites for hydroxylation is 1. The molecule has 0 unspecified atom stereocenters. The normalized spacial score (nSPS) is 16.6. The second kappa shape index (κ2) is 9.03. The predicted octanol–water partition coefficient (Wildman–Crippen LogP) is 4.11. The molecule has 0 aromatic heterocycles. The van der Waals surface area contributed by atoms with Gasteiger partial charge in [0.2, 0.25) is 0 Å². The third-order valence-electron chi connectivity index (χ3n) is 4.99. The van der Waals surface area contributed by atoms with Crippen LogP contribution < -0.4 is 4.90 Å². The number of carbonyl (C=O) groups is 2. The minimum atomic E-state index is -2.64. The van der Waals surface area contributed by atoms with Gasteiger partial charge >= 0.3 is 12.0 Å². The molecule has 0 saturated carbocycles. The first-order chi connectivity index (χ1) is 14.2. The maximum absolute atomic E-state index is 14.7. The zero-order chi connectivity index (χ0) is 21.9. The maximum atomic E-state index is 14.7. The van der Waals surface area contributed by atoms with E-state index in [1.54, 1.807) is 11.0 Å². The Hall–Kier alpha value is -2.62. The largest absolute Gasteiger partial charge is 0.465 e. The van der Waals surface area contributed by atoms with Crippen LogP contribution in [0.2, 0.25) is 0 Å². The summed E-state index contributed by atoms with van der Waals surface area (Å²) in [7, 11) is -1.42. The Morgan fingerprint density at radius 3 is 2.47 bits per heavy atom. The van der Waals surface area contributed by atoms with Gasteiger partial charge in [-0.1, -0.05) is 18.2 Å². The van der Waals surface area contributed by atoms with Crippen LogP contribution in [0.15, 0.2) is 42.5 Å². The smallest absolute Gasteiger partial charge is 0.337 e. The van der Waals surface area contributed by atoms with Crippen LogP contribution in [0.5, 0.6) is 0 Å². The molecule has 30 heavy (non-hydrogen) atoms. The molecule has 7 nitrogen and oxygen atoms in total. The number of methoxy groups -OCH3 is 1. The van der Waals surface area contributed by atoms with Crippen molar-refractivity contribution in [3.8, 4) is 0 Å². The quantitative estimate of drug-likeness (QED) is 0.704. The van der Waals surface area contributed by atoms with Crippen LogP contribution >= 0.6 is 10.6 Å². The standard InChI is InChI=1S/C21H25FN2O5S/c1-15-4-3-5-18(12-15)24(21(26)23-8-10-30(27,28)11-9-23)14-17-7-6-16(13-19(17)22)20(25)29-2/h3-7,12-13,27-28H,8-11,14H2,1-2H3. The second-order valence-corrected chi connectivity index (χ2v) is 9.62. The van der Waals surface area contributed by atoms with Gasteiger partial charge in [0.25, 0.3) is 0 Å². The summed E-state index contributed by atoms with van der Waals surface area (Å²) >= 11 is 0. The van der Waals surface area contributed by atoms with Gasteiger partial charge in [-0.15, -0.1) is 0 Å². The number of hydrogen-bond acceptors (Lipinski definition) is 5. The lowest BCUT2D eigenvalue weighted by molar-refractivity contribution is 0.0600. The number of amides is 2. The van der Waals surface area contributed by atoms with Crippen molar-refractivity contribution in [2.24, 2.45) is 0 Å². The Morgan fingerprint density at radius 1 is 1.17 bits per heavy atom. The van der Waals surface area contributed by atoms with Crippen LogP contribution in [0, 0.1) is 12.7 Å². The van der Waals surface area contributed by atoms with Gasteiger partial charge < -0.3 is 9.64 Å². The number of nitrogens with zero attached hydrogens (tertiary/aromatic N) is 2. The van der Waals surface area contributed by atoms with Gasteiger partial charge in [-0.3, -0.25) is 14.0 Å². The first kappa shape index (κ1) is 22.1. The Morgan fingerprint density at radius 2 is 1.87 bits per heavy atom. The molecule has 1 heterocycles. The number of rotatable bonds is 4. The summed E-state index contributed by atoms with van der Waals surface area (Å²) in [5.74, 6) is -0.999. The van der Waals surface area contributed by atoms with Crippen molar-refractivity contribution < 1.29 is 27.8 Å². The topological polar surface area (TPSA) is 90.3 Å². The Labute approximate surface area is 176 Å². The van der Waals surface area contributed by atoms with Gasteiger partial charge in [0.05, 0.1) is 30.7 Å². The van der Waals surface area contributed by atoms with Crippen LogP contribution in [-0.4, -0.2) is 57.7 Å². The third-order valence-corrected chi connectivity index (χ3v) is 6.67. The highest BCUT2D eigenvalue weighted by Gasteiger charge is 2.29. The first-order valence-corrected chi connectivity index (χ1v) is 11.3. The molecule has 0 spiro atoms. The molecule has 1 aliphatic rings. The number of esters is 1. The van der Waals surface area contributed by atoms with Crippen molar-refractivity contribution in [3.63, 3.8) is 0 Å². The average Bonchev–Trinajstić information content (AvgIpc) is 2.71. The van der Waals surface area contributed by atoms with Crippen LogP contribution in [-0.2, 0) is 11.3 Å². The molecule has 2 aromatic rings. The molecule has 3 rings (SSSR count). The summed E-state index contributed by atoms with van der Waals surface area (Å²) in [6, 6.07) is 11.0. The Kier molecular flexibility index (Phi) is 6.64. The molecule has 1 fully saturated rings. The second-order valence-electron chi connectivity index (χ2n) is 7.20. The van der Waals surface area contributed by atoms with E-state index in [9.17, 15) is 23.1 Å². The minimum absolute atomic E-state index is 0.0394. The van der Waals surface area contributed by atoms with E-state index in [-0.39, 0.29) is 48.3 Å². The summed E-state index contributed by atoms with van der Waals surface area (Å²) in [5, 5.41) is 0. The van der Waals surface area contributed by atoms with Gasteiger partial charge in [-0.25, -0.2) is 14.0 Å². The van der Waals surface area contributed by atoms with Crippen LogP contribution in [0.3, 0.4) is 0 Å². The lowest BCUT2D eigenvalue weighted by atomic mass is 10.1. The van der Waals surface area contributed by atoms with Crippen molar-refractivity contribution in [2.45, 2.75) is 13.5 Å². The van der Waals surface area contributed by atoms with Crippen LogP contribution in [0.25, 0.3) is 0 Å². The van der Waals surface area contributed by atoms with Crippen LogP contribution in [0.1, 0.15) is 21.5 Å². The molecule has 1 saturated heterocycles. The van der Waals surface area contributed by atoms with E-state index in [2.05, 4.69) is 4.74 Å². The van der Waals surface area contributed by atoms with Crippen LogP contribution in [0.4, 0.5) is 14.9 Å². The highest BCUT2D eigenvalue weighted by molar-refractivity contribution is 8.24. The fourth-order valence-corrected chi connectivity index (χ4v) is 4.47. The highest BCUT2D eigenvalue weighted by atomic mass is 32.3. The summed E-state index contributed by atoms with van der Waals surface area (Å²) in [6.45, 7) is 2.29. The van der Waals surface area contributed by atoms with E-state index in [4.69, 9.17) is 0 Å². The molecule has 2 amide bonds. The fraction of sp³-hybridized carbons (Fsp3) is 0.333. The lowest BCUT2D eigenvalue weighted by Gasteiger charge is -2.42. The summed E-state index contributed by atoms with van der Waals surface area (Å²) in [4.78, 5) is 27.9. The van der Waals surface area contributed by atoms with Gasteiger partial charge in [0, 0.05) is 24.3 Å². The number of hydrogen-bond donors (Lipinski definition) is 2. The highest BCUT2D eigenvalue weighted by Crippen LogP contribution is 2.40. The molecule has 9 heteroatoms. The molecule has 0 radical (unpaired) electrons. The number of carbonyl (C=O) groups excluding carboxylic acids is 2. The zero-order valence-corrected chi connectivity index (χ0v) is 17.7. The van der Waals surface area contributed by atoms with Gasteiger partial charge in [-0.05, 0) is 36.8 Å². The lowest BCUT2D eigenvalue weighted by Crippen LogP contribution is -2.48.